The number of carbonyl (C=O) groups excluding carboxylic acids is 3. The molecule has 1 aromatic carbocycles. The highest BCUT2D eigenvalue weighted by Gasteiger charge is 2.32. The number of Topliss-reactive ketones (excluding diaryl/α,β-unsaturated/α-hetero) is 1. The van der Waals surface area contributed by atoms with E-state index in [1.165, 1.54) is 23.5 Å². The number of amides is 2. The van der Waals surface area contributed by atoms with Gasteiger partial charge in [-0.2, -0.15) is 13.2 Å². The first-order chi connectivity index (χ1) is 14.2. The van der Waals surface area contributed by atoms with Crippen molar-refractivity contribution >= 4 is 28.9 Å². The van der Waals surface area contributed by atoms with Gasteiger partial charge in [0, 0.05) is 31.0 Å². The Balaban J connectivity index is 1.55. The van der Waals surface area contributed by atoms with Crippen LogP contribution in [0.1, 0.15) is 51.3 Å². The van der Waals surface area contributed by atoms with Gasteiger partial charge >= 0.3 is 6.18 Å². The van der Waals surface area contributed by atoms with E-state index in [1.54, 1.807) is 29.2 Å². The normalized spacial score (nSPS) is 13.7. The van der Waals surface area contributed by atoms with Crippen molar-refractivity contribution in [3.8, 4) is 0 Å². The molecule has 0 saturated heterocycles. The maximum atomic E-state index is 12.7. The molecule has 1 saturated carbocycles. The number of alkyl halides is 3. The number of hydrogen-bond acceptors (Lipinski definition) is 4. The molecular formula is C21H21F3N2O3S. The van der Waals surface area contributed by atoms with E-state index >= 15 is 0 Å². The molecule has 0 unspecified atom stereocenters. The van der Waals surface area contributed by atoms with Crippen LogP contribution in [0.4, 0.5) is 13.2 Å². The number of nitrogens with zero attached hydrogens (tertiary/aromatic N) is 1. The van der Waals surface area contributed by atoms with Gasteiger partial charge in [0.2, 0.25) is 5.91 Å². The highest BCUT2D eigenvalue weighted by molar-refractivity contribution is 7.12. The fourth-order valence-corrected chi connectivity index (χ4v) is 3.67. The summed E-state index contributed by atoms with van der Waals surface area (Å²) in [6.45, 7) is -1.05. The number of nitrogens with one attached hydrogen (secondary N) is 1. The minimum absolute atomic E-state index is 0.0525. The van der Waals surface area contributed by atoms with Gasteiger partial charge in [0.15, 0.2) is 5.78 Å². The van der Waals surface area contributed by atoms with Gasteiger partial charge in [-0.25, -0.2) is 0 Å². The number of benzene rings is 1. The average molecular weight is 438 g/mol. The number of hydrogen-bond donors (Lipinski definition) is 1. The summed E-state index contributed by atoms with van der Waals surface area (Å²) in [6.07, 6.45) is -2.37. The van der Waals surface area contributed by atoms with Crippen LogP contribution in [0.25, 0.3) is 0 Å². The second-order valence-corrected chi connectivity index (χ2v) is 8.10. The smallest absolute Gasteiger partial charge is 0.343 e. The zero-order chi connectivity index (χ0) is 21.7. The Bertz CT molecular complexity index is 891. The standard InChI is InChI=1S/C21H21F3N2O3S/c22-21(23,24)13-25-20(29)15-5-3-14(4-6-15)12-26(16-7-8-16)19(28)10-9-17(27)18-2-1-11-30-18/h1-6,11,16H,7-10,12-13H2,(H,25,29). The molecule has 1 aliphatic rings. The van der Waals surface area contributed by atoms with E-state index in [0.29, 0.717) is 11.4 Å². The summed E-state index contributed by atoms with van der Waals surface area (Å²) in [4.78, 5) is 39.0. The molecule has 2 amide bonds. The third kappa shape index (κ3) is 6.41. The van der Waals surface area contributed by atoms with Crippen molar-refractivity contribution in [2.24, 2.45) is 0 Å². The third-order valence-electron chi connectivity index (χ3n) is 4.69. The van der Waals surface area contributed by atoms with Crippen molar-refractivity contribution in [2.45, 2.75) is 44.4 Å². The summed E-state index contributed by atoms with van der Waals surface area (Å²) in [5.74, 6) is -0.959. The predicted molar refractivity (Wildman–Crippen MR) is 106 cm³/mol. The first-order valence-electron chi connectivity index (χ1n) is 9.53. The van der Waals surface area contributed by atoms with Crippen LogP contribution >= 0.6 is 11.3 Å². The summed E-state index contributed by atoms with van der Waals surface area (Å²) in [5, 5.41) is 3.64. The number of carbonyl (C=O) groups is 3. The van der Waals surface area contributed by atoms with Crippen molar-refractivity contribution in [1.82, 2.24) is 10.2 Å². The lowest BCUT2D eigenvalue weighted by atomic mass is 10.1. The Labute approximate surface area is 175 Å². The van der Waals surface area contributed by atoms with Crippen molar-refractivity contribution in [1.29, 1.82) is 0 Å². The summed E-state index contributed by atoms with van der Waals surface area (Å²) in [5.41, 5.74) is 0.890. The molecule has 1 N–H and O–H groups in total. The first kappa shape index (κ1) is 22.0. The van der Waals surface area contributed by atoms with E-state index < -0.39 is 18.6 Å². The summed E-state index contributed by atoms with van der Waals surface area (Å²) in [7, 11) is 0. The Morgan fingerprint density at radius 3 is 2.33 bits per heavy atom. The molecule has 160 valence electrons. The molecule has 2 aromatic rings. The second kappa shape index (κ2) is 9.42. The number of thiophene rings is 1. The van der Waals surface area contributed by atoms with Gasteiger partial charge in [0.05, 0.1) is 4.88 Å². The average Bonchev–Trinajstić information content (AvgIpc) is 3.40. The van der Waals surface area contributed by atoms with E-state index in [2.05, 4.69) is 0 Å². The topological polar surface area (TPSA) is 66.5 Å². The maximum Gasteiger partial charge on any atom is 0.405 e. The Kier molecular flexibility index (Phi) is 6.91. The number of rotatable bonds is 9. The van der Waals surface area contributed by atoms with Crippen molar-refractivity contribution < 1.29 is 27.6 Å². The van der Waals surface area contributed by atoms with Gasteiger partial charge < -0.3 is 10.2 Å². The highest BCUT2D eigenvalue weighted by Crippen LogP contribution is 2.29. The SMILES string of the molecule is O=C(NCC(F)(F)F)c1ccc(CN(C(=O)CCC(=O)c2cccs2)C2CC2)cc1. The van der Waals surface area contributed by atoms with Crippen LogP contribution in [0.5, 0.6) is 0 Å². The fourth-order valence-electron chi connectivity index (χ4n) is 2.97. The molecule has 1 aliphatic carbocycles. The number of halogens is 3. The van der Waals surface area contributed by atoms with Gasteiger partial charge in [0.1, 0.15) is 6.54 Å². The minimum atomic E-state index is -4.47. The lowest BCUT2D eigenvalue weighted by Gasteiger charge is -2.22. The molecule has 1 heterocycles. The molecule has 0 aliphatic heterocycles. The summed E-state index contributed by atoms with van der Waals surface area (Å²) in [6, 6.07) is 9.81. The largest absolute Gasteiger partial charge is 0.405 e. The summed E-state index contributed by atoms with van der Waals surface area (Å²) < 4.78 is 36.6. The van der Waals surface area contributed by atoms with Gasteiger partial charge in [0.25, 0.3) is 5.91 Å². The molecule has 0 radical (unpaired) electrons. The van der Waals surface area contributed by atoms with Crippen LogP contribution in [-0.4, -0.2) is 41.3 Å². The van der Waals surface area contributed by atoms with Crippen molar-refractivity contribution in [2.75, 3.05) is 6.54 Å². The number of ketones is 1. The molecule has 9 heteroatoms. The monoisotopic (exact) mass is 438 g/mol. The van der Waals surface area contributed by atoms with Crippen LogP contribution in [0, 0.1) is 0 Å². The van der Waals surface area contributed by atoms with Crippen LogP contribution in [0.3, 0.4) is 0 Å². The lowest BCUT2D eigenvalue weighted by molar-refractivity contribution is -0.132. The van der Waals surface area contributed by atoms with Gasteiger partial charge in [-0.15, -0.1) is 11.3 Å². The maximum absolute atomic E-state index is 12.7. The molecule has 1 fully saturated rings. The molecule has 3 rings (SSSR count). The third-order valence-corrected chi connectivity index (χ3v) is 5.60. The van der Waals surface area contributed by atoms with E-state index in [9.17, 15) is 27.6 Å². The van der Waals surface area contributed by atoms with Crippen molar-refractivity contribution in [3.05, 3.63) is 57.8 Å². The van der Waals surface area contributed by atoms with Crippen LogP contribution < -0.4 is 5.32 Å². The van der Waals surface area contributed by atoms with E-state index in [-0.39, 0.29) is 36.1 Å². The molecule has 0 spiro atoms. The van der Waals surface area contributed by atoms with Gasteiger partial charge in [-0.1, -0.05) is 18.2 Å². The minimum Gasteiger partial charge on any atom is -0.343 e. The molecule has 30 heavy (non-hydrogen) atoms. The Hall–Kier alpha value is -2.68. The van der Waals surface area contributed by atoms with Crippen LogP contribution in [0.2, 0.25) is 0 Å². The fraction of sp³-hybridized carbons (Fsp3) is 0.381. The van der Waals surface area contributed by atoms with E-state index in [0.717, 1.165) is 18.4 Å². The molecular weight excluding hydrogens is 417 g/mol. The molecule has 1 aromatic heterocycles. The molecule has 0 atom stereocenters. The quantitative estimate of drug-likeness (QED) is 0.597. The highest BCUT2D eigenvalue weighted by atomic mass is 32.1. The van der Waals surface area contributed by atoms with Gasteiger partial charge in [-0.3, -0.25) is 14.4 Å². The van der Waals surface area contributed by atoms with Crippen molar-refractivity contribution in [3.63, 3.8) is 0 Å². The zero-order valence-corrected chi connectivity index (χ0v) is 16.9. The van der Waals surface area contributed by atoms with Crippen LogP contribution in [-0.2, 0) is 11.3 Å². The first-order valence-corrected chi connectivity index (χ1v) is 10.4. The molecule has 5 nitrogen and oxygen atoms in total. The Morgan fingerprint density at radius 1 is 1.07 bits per heavy atom. The van der Waals surface area contributed by atoms with E-state index in [4.69, 9.17) is 0 Å². The molecule has 0 bridgehead atoms. The van der Waals surface area contributed by atoms with Crippen LogP contribution in [0.15, 0.2) is 41.8 Å². The van der Waals surface area contributed by atoms with Gasteiger partial charge in [-0.05, 0) is 42.0 Å². The lowest BCUT2D eigenvalue weighted by Crippen LogP contribution is -2.34. The Morgan fingerprint density at radius 2 is 1.77 bits per heavy atom. The second-order valence-electron chi connectivity index (χ2n) is 7.15. The predicted octanol–water partition coefficient (Wildman–Crippen LogP) is 4.19. The zero-order valence-electron chi connectivity index (χ0n) is 16.1. The van der Waals surface area contributed by atoms with E-state index in [1.807, 2.05) is 10.7 Å². The summed E-state index contributed by atoms with van der Waals surface area (Å²) >= 11 is 1.35.